The number of carbonyl (C=O) groups is 1. The Labute approximate surface area is 169 Å². The minimum Gasteiger partial charge on any atom is -0.481 e. The number of halogens is 3. The first-order valence-electron chi connectivity index (χ1n) is 8.25. The molecule has 0 aromatic heterocycles. The molecule has 3 aromatic carbocycles. The predicted molar refractivity (Wildman–Crippen MR) is 105 cm³/mol. The van der Waals surface area contributed by atoms with Crippen molar-refractivity contribution in [3.8, 4) is 11.5 Å². The number of carboxylic acid groups (broad SMARTS) is 1. The largest absolute Gasteiger partial charge is 0.481 e. The fraction of sp³-hybridized carbons (Fsp3) is 0.0952. The average molecular weight is 421 g/mol. The Kier molecular flexibility index (Phi) is 6.54. The lowest BCUT2D eigenvalue weighted by Gasteiger charge is -2.10. The normalized spacial score (nSPS) is 10.7. The third-order valence-electron chi connectivity index (χ3n) is 3.77. The van der Waals surface area contributed by atoms with Crippen LogP contribution in [0.25, 0.3) is 0 Å². The van der Waals surface area contributed by atoms with Crippen LogP contribution in [0.2, 0.25) is 5.02 Å². The average Bonchev–Trinajstić information content (AvgIpc) is 2.62. The highest BCUT2D eigenvalue weighted by Gasteiger charge is 2.10. The van der Waals surface area contributed by atoms with Crippen molar-refractivity contribution in [2.45, 2.75) is 17.1 Å². The van der Waals surface area contributed by atoms with Gasteiger partial charge in [-0.15, -0.1) is 11.8 Å². The molecule has 0 aliphatic carbocycles. The minimum atomic E-state index is -1.00. The summed E-state index contributed by atoms with van der Waals surface area (Å²) in [7, 11) is 0. The lowest BCUT2D eigenvalue weighted by molar-refractivity contribution is -0.136. The van der Waals surface area contributed by atoms with Crippen molar-refractivity contribution in [1.29, 1.82) is 0 Å². The van der Waals surface area contributed by atoms with Crippen molar-refractivity contribution in [3.05, 3.63) is 88.4 Å². The van der Waals surface area contributed by atoms with Gasteiger partial charge in [-0.05, 0) is 53.6 Å². The van der Waals surface area contributed by atoms with Crippen molar-refractivity contribution in [3.63, 3.8) is 0 Å². The number of ether oxygens (including phenoxy) is 1. The summed E-state index contributed by atoms with van der Waals surface area (Å²) in [5.74, 6) is -1.28. The number of rotatable bonds is 7. The molecule has 0 atom stereocenters. The van der Waals surface area contributed by atoms with Crippen LogP contribution in [-0.4, -0.2) is 11.1 Å². The molecular formula is C21H15ClF2O3S. The van der Waals surface area contributed by atoms with Gasteiger partial charge < -0.3 is 9.84 Å². The van der Waals surface area contributed by atoms with Gasteiger partial charge in [0.25, 0.3) is 0 Å². The summed E-state index contributed by atoms with van der Waals surface area (Å²) in [6, 6.07) is 15.4. The van der Waals surface area contributed by atoms with E-state index in [2.05, 4.69) is 0 Å². The van der Waals surface area contributed by atoms with Gasteiger partial charge in [-0.2, -0.15) is 0 Å². The molecule has 0 spiro atoms. The molecule has 3 nitrogen and oxygen atoms in total. The number of thioether (sulfide) groups is 1. The number of carboxylic acids is 1. The Morgan fingerprint density at radius 1 is 1.04 bits per heavy atom. The Hall–Kier alpha value is -2.57. The van der Waals surface area contributed by atoms with E-state index < -0.39 is 11.8 Å². The minimum absolute atomic E-state index is 0.0150. The lowest BCUT2D eigenvalue weighted by atomic mass is 10.1. The third-order valence-corrected chi connectivity index (χ3v) is 5.03. The second kappa shape index (κ2) is 9.08. The van der Waals surface area contributed by atoms with Crippen molar-refractivity contribution in [2.75, 3.05) is 0 Å². The molecule has 1 N–H and O–H groups in total. The molecule has 0 aliphatic heterocycles. The smallest absolute Gasteiger partial charge is 0.307 e. The summed E-state index contributed by atoms with van der Waals surface area (Å²) in [6.45, 7) is 0. The molecule has 0 bridgehead atoms. The van der Waals surface area contributed by atoms with E-state index in [4.69, 9.17) is 21.4 Å². The van der Waals surface area contributed by atoms with Gasteiger partial charge in [0.15, 0.2) is 11.6 Å². The molecule has 0 unspecified atom stereocenters. The molecule has 28 heavy (non-hydrogen) atoms. The molecular weight excluding hydrogens is 406 g/mol. The van der Waals surface area contributed by atoms with Crippen LogP contribution in [0.3, 0.4) is 0 Å². The quantitative estimate of drug-likeness (QED) is 0.454. The van der Waals surface area contributed by atoms with E-state index in [-0.39, 0.29) is 23.7 Å². The first kappa shape index (κ1) is 20.2. The molecule has 0 heterocycles. The number of benzene rings is 3. The zero-order valence-corrected chi connectivity index (χ0v) is 16.1. The molecule has 3 rings (SSSR count). The summed E-state index contributed by atoms with van der Waals surface area (Å²) in [6.07, 6.45) is -0.217. The summed E-state index contributed by atoms with van der Waals surface area (Å²) in [5.41, 5.74) is 0.991. The maximum absolute atomic E-state index is 14.4. The molecule has 0 fully saturated rings. The molecule has 144 valence electrons. The van der Waals surface area contributed by atoms with Crippen molar-refractivity contribution in [2.24, 2.45) is 0 Å². The summed E-state index contributed by atoms with van der Waals surface area (Å²) in [5, 5.41) is 9.19. The monoisotopic (exact) mass is 420 g/mol. The third kappa shape index (κ3) is 5.47. The summed E-state index contributed by atoms with van der Waals surface area (Å²) < 4.78 is 33.6. The molecule has 0 amide bonds. The van der Waals surface area contributed by atoms with Gasteiger partial charge in [-0.3, -0.25) is 4.79 Å². The second-order valence-electron chi connectivity index (χ2n) is 5.94. The van der Waals surface area contributed by atoms with Crippen LogP contribution in [0.4, 0.5) is 8.78 Å². The Bertz CT molecular complexity index is 1010. The van der Waals surface area contributed by atoms with Crippen LogP contribution in [0, 0.1) is 11.6 Å². The van der Waals surface area contributed by atoms with E-state index in [1.165, 1.54) is 48.2 Å². The molecule has 0 aliphatic rings. The maximum Gasteiger partial charge on any atom is 0.307 e. The first-order chi connectivity index (χ1) is 13.4. The second-order valence-corrected chi connectivity index (χ2v) is 7.43. The van der Waals surface area contributed by atoms with Gasteiger partial charge in [-0.25, -0.2) is 8.78 Å². The van der Waals surface area contributed by atoms with Crippen molar-refractivity contribution < 1.29 is 23.4 Å². The number of hydrogen-bond acceptors (Lipinski definition) is 3. The van der Waals surface area contributed by atoms with E-state index in [1.54, 1.807) is 24.3 Å². The van der Waals surface area contributed by atoms with Crippen molar-refractivity contribution in [1.82, 2.24) is 0 Å². The Morgan fingerprint density at radius 3 is 2.54 bits per heavy atom. The van der Waals surface area contributed by atoms with Gasteiger partial charge in [0.1, 0.15) is 11.6 Å². The first-order valence-corrected chi connectivity index (χ1v) is 9.62. The summed E-state index contributed by atoms with van der Waals surface area (Å²) in [4.78, 5) is 11.5. The highest BCUT2D eigenvalue weighted by atomic mass is 35.5. The SMILES string of the molecule is O=C(O)Cc1cc(Cl)cc(Oc2ccc(SCc3ccccc3F)cc2F)c1. The van der Waals surface area contributed by atoms with Gasteiger partial charge in [0, 0.05) is 15.7 Å². The topological polar surface area (TPSA) is 46.5 Å². The van der Waals surface area contributed by atoms with Crippen LogP contribution in [-0.2, 0) is 17.0 Å². The van der Waals surface area contributed by atoms with Crippen LogP contribution in [0.15, 0.2) is 65.6 Å². The van der Waals surface area contributed by atoms with Gasteiger partial charge in [0.05, 0.1) is 6.42 Å². The van der Waals surface area contributed by atoms with Crippen LogP contribution < -0.4 is 4.74 Å². The predicted octanol–water partition coefficient (Wildman–Crippen LogP) is 6.33. The molecule has 0 saturated carbocycles. The van der Waals surface area contributed by atoms with Gasteiger partial charge in [-0.1, -0.05) is 29.8 Å². The van der Waals surface area contributed by atoms with E-state index in [0.29, 0.717) is 26.8 Å². The van der Waals surface area contributed by atoms with E-state index in [9.17, 15) is 13.6 Å². The maximum atomic E-state index is 14.4. The summed E-state index contributed by atoms with van der Waals surface area (Å²) >= 11 is 7.28. The fourth-order valence-corrected chi connectivity index (χ4v) is 3.67. The molecule has 7 heteroatoms. The van der Waals surface area contributed by atoms with Gasteiger partial charge >= 0.3 is 5.97 Å². The van der Waals surface area contributed by atoms with Crippen LogP contribution in [0.1, 0.15) is 11.1 Å². The van der Waals surface area contributed by atoms with E-state index in [1.807, 2.05) is 0 Å². The Morgan fingerprint density at radius 2 is 1.82 bits per heavy atom. The molecule has 3 aromatic rings. The number of aliphatic carboxylic acids is 1. The zero-order chi connectivity index (χ0) is 20.1. The molecule has 0 saturated heterocycles. The van der Waals surface area contributed by atoms with Gasteiger partial charge in [0.2, 0.25) is 0 Å². The highest BCUT2D eigenvalue weighted by molar-refractivity contribution is 7.98. The zero-order valence-electron chi connectivity index (χ0n) is 14.5. The lowest BCUT2D eigenvalue weighted by Crippen LogP contribution is -2.00. The van der Waals surface area contributed by atoms with Crippen LogP contribution >= 0.6 is 23.4 Å². The molecule has 0 radical (unpaired) electrons. The van der Waals surface area contributed by atoms with E-state index >= 15 is 0 Å². The van der Waals surface area contributed by atoms with E-state index in [0.717, 1.165) is 0 Å². The van der Waals surface area contributed by atoms with Crippen LogP contribution in [0.5, 0.6) is 11.5 Å². The Balaban J connectivity index is 1.71. The highest BCUT2D eigenvalue weighted by Crippen LogP contribution is 2.32. The fourth-order valence-electron chi connectivity index (χ4n) is 2.51. The van der Waals surface area contributed by atoms with Crippen molar-refractivity contribution >= 4 is 29.3 Å². The number of hydrogen-bond donors (Lipinski definition) is 1. The standard InChI is InChI=1S/C21H15ClF2O3S/c22-15-7-13(9-21(25)26)8-16(10-15)27-20-6-5-17(11-19(20)24)28-12-14-3-1-2-4-18(14)23/h1-8,10-11H,9,12H2,(H,25,26).